The number of aliphatic imine (C=N–C) groups is 1. The summed E-state index contributed by atoms with van der Waals surface area (Å²) in [5.74, 6) is 0.648. The molecule has 0 bridgehead atoms. The third-order valence-corrected chi connectivity index (χ3v) is 4.40. The van der Waals surface area contributed by atoms with Crippen LogP contribution < -0.4 is 10.6 Å². The summed E-state index contributed by atoms with van der Waals surface area (Å²) in [6, 6.07) is 0.837. The van der Waals surface area contributed by atoms with Crippen LogP contribution in [0.4, 0.5) is 19.1 Å². The first-order valence-corrected chi connectivity index (χ1v) is 9.64. The molecule has 30 heavy (non-hydrogen) atoms. The second kappa shape index (κ2) is 9.74. The molecule has 0 radical (unpaired) electrons. The zero-order valence-electron chi connectivity index (χ0n) is 16.9. The Labute approximate surface area is 172 Å². The Morgan fingerprint density at radius 2 is 2.23 bits per heavy atom. The number of ether oxygens (including phenoxy) is 1. The van der Waals surface area contributed by atoms with Crippen molar-refractivity contribution in [2.75, 3.05) is 44.6 Å². The number of aromatic nitrogens is 4. The molecule has 1 saturated heterocycles. The molecule has 9 nitrogen and oxygen atoms in total. The van der Waals surface area contributed by atoms with Crippen molar-refractivity contribution in [3.05, 3.63) is 35.9 Å². The average Bonchev–Trinajstić information content (AvgIpc) is 3.16. The molecule has 1 fully saturated rings. The van der Waals surface area contributed by atoms with Crippen LogP contribution in [-0.2, 0) is 18.0 Å². The van der Waals surface area contributed by atoms with Gasteiger partial charge in [-0.1, -0.05) is 0 Å². The summed E-state index contributed by atoms with van der Waals surface area (Å²) in [6.45, 7) is 5.18. The van der Waals surface area contributed by atoms with Gasteiger partial charge >= 0.3 is 6.18 Å². The fourth-order valence-corrected chi connectivity index (χ4v) is 3.01. The lowest BCUT2D eigenvalue weighted by atomic mass is 10.1. The van der Waals surface area contributed by atoms with Crippen LogP contribution in [0, 0.1) is 0 Å². The number of halogens is 3. The molecule has 2 aromatic rings. The molecule has 3 rings (SSSR count). The molecule has 1 aliphatic heterocycles. The van der Waals surface area contributed by atoms with Crippen molar-refractivity contribution < 1.29 is 17.9 Å². The lowest BCUT2D eigenvalue weighted by molar-refractivity contribution is -0.141. The number of anilines is 1. The minimum Gasteiger partial charge on any atom is -0.370 e. The molecule has 0 aliphatic carbocycles. The number of guanidine groups is 1. The summed E-state index contributed by atoms with van der Waals surface area (Å²) in [5, 5.41) is 10.2. The van der Waals surface area contributed by atoms with Gasteiger partial charge in [0.2, 0.25) is 5.95 Å². The van der Waals surface area contributed by atoms with Crippen molar-refractivity contribution in [3.63, 3.8) is 0 Å². The molecule has 2 aromatic heterocycles. The second-order valence-electron chi connectivity index (χ2n) is 6.68. The largest absolute Gasteiger partial charge is 0.433 e. The second-order valence-corrected chi connectivity index (χ2v) is 6.68. The zero-order valence-corrected chi connectivity index (χ0v) is 16.9. The predicted molar refractivity (Wildman–Crippen MR) is 105 cm³/mol. The highest BCUT2D eigenvalue weighted by Gasteiger charge is 2.32. The number of aryl methyl sites for hydroxylation is 1. The fourth-order valence-electron chi connectivity index (χ4n) is 3.01. The quantitative estimate of drug-likeness (QED) is 0.413. The smallest absolute Gasteiger partial charge is 0.370 e. The van der Waals surface area contributed by atoms with Gasteiger partial charge in [-0.2, -0.15) is 18.3 Å². The van der Waals surface area contributed by atoms with Crippen molar-refractivity contribution in [2.45, 2.75) is 19.2 Å². The van der Waals surface area contributed by atoms with Crippen LogP contribution in [0.3, 0.4) is 0 Å². The van der Waals surface area contributed by atoms with E-state index in [4.69, 9.17) is 4.74 Å². The van der Waals surface area contributed by atoms with Gasteiger partial charge in [-0.15, -0.1) is 0 Å². The standard InChI is InChI=1S/C18H25F3N8O/c1-3-22-17(29-8-9-30-14(12-29)13-10-26-28(2)11-13)25-7-6-24-16-23-5-4-15(27-16)18(19,20)21/h4-5,10-11,14H,3,6-9,12H2,1-2H3,(H,22,25)(H,23,24,27). The van der Waals surface area contributed by atoms with Gasteiger partial charge in [0.25, 0.3) is 0 Å². The number of nitrogens with one attached hydrogen (secondary N) is 2. The van der Waals surface area contributed by atoms with Crippen LogP contribution in [-0.4, -0.2) is 69.9 Å². The van der Waals surface area contributed by atoms with Gasteiger partial charge in [-0.25, -0.2) is 9.97 Å². The van der Waals surface area contributed by atoms with Crippen molar-refractivity contribution in [1.82, 2.24) is 30.0 Å². The van der Waals surface area contributed by atoms with E-state index in [-0.39, 0.29) is 12.1 Å². The summed E-state index contributed by atoms with van der Waals surface area (Å²) in [7, 11) is 1.86. The monoisotopic (exact) mass is 426 g/mol. The third-order valence-electron chi connectivity index (χ3n) is 4.40. The maximum absolute atomic E-state index is 12.7. The van der Waals surface area contributed by atoms with E-state index in [0.717, 1.165) is 23.8 Å². The summed E-state index contributed by atoms with van der Waals surface area (Å²) in [4.78, 5) is 14.0. The summed E-state index contributed by atoms with van der Waals surface area (Å²) in [6.07, 6.45) is 0.191. The molecule has 12 heteroatoms. The first-order valence-electron chi connectivity index (χ1n) is 9.64. The van der Waals surface area contributed by atoms with Crippen LogP contribution in [0.25, 0.3) is 0 Å². The lowest BCUT2D eigenvalue weighted by Gasteiger charge is -2.34. The van der Waals surface area contributed by atoms with Gasteiger partial charge < -0.3 is 20.3 Å². The Kier molecular flexibility index (Phi) is 7.08. The summed E-state index contributed by atoms with van der Waals surface area (Å²) >= 11 is 0. The Balaban J connectivity index is 1.58. The normalized spacial score (nSPS) is 17.8. The topological polar surface area (TPSA) is 92.5 Å². The first-order chi connectivity index (χ1) is 14.4. The van der Waals surface area contributed by atoms with Gasteiger partial charge in [-0.05, 0) is 13.0 Å². The number of morpholine rings is 1. The van der Waals surface area contributed by atoms with Gasteiger partial charge in [-0.3, -0.25) is 9.67 Å². The van der Waals surface area contributed by atoms with Crippen LogP contribution in [0.2, 0.25) is 0 Å². The van der Waals surface area contributed by atoms with Gasteiger partial charge in [0, 0.05) is 44.6 Å². The van der Waals surface area contributed by atoms with E-state index in [1.807, 2.05) is 20.2 Å². The SMILES string of the molecule is CCNC(=NCCNc1nccc(C(F)(F)F)n1)N1CCOC(c2cnn(C)c2)C1. The van der Waals surface area contributed by atoms with Crippen LogP contribution in [0.1, 0.15) is 24.3 Å². The average molecular weight is 426 g/mol. The minimum absolute atomic E-state index is 0.0759. The highest BCUT2D eigenvalue weighted by molar-refractivity contribution is 5.80. The molecule has 1 atom stereocenters. The lowest BCUT2D eigenvalue weighted by Crippen LogP contribution is -2.48. The molecule has 0 amide bonds. The molecule has 0 spiro atoms. The number of nitrogens with zero attached hydrogens (tertiary/aromatic N) is 6. The van der Waals surface area contributed by atoms with Gasteiger partial charge in [0.1, 0.15) is 11.8 Å². The molecule has 2 N–H and O–H groups in total. The van der Waals surface area contributed by atoms with E-state index >= 15 is 0 Å². The van der Waals surface area contributed by atoms with Gasteiger partial charge in [0.15, 0.2) is 5.96 Å². The van der Waals surface area contributed by atoms with E-state index in [2.05, 4.69) is 35.6 Å². The van der Waals surface area contributed by atoms with E-state index in [1.54, 1.807) is 10.9 Å². The number of hydrogen-bond donors (Lipinski definition) is 2. The predicted octanol–water partition coefficient (Wildman–Crippen LogP) is 1.68. The molecule has 1 unspecified atom stereocenters. The van der Waals surface area contributed by atoms with Crippen LogP contribution in [0.15, 0.2) is 29.6 Å². The maximum Gasteiger partial charge on any atom is 0.433 e. The number of rotatable bonds is 6. The Bertz CT molecular complexity index is 854. The van der Waals surface area contributed by atoms with Crippen LogP contribution >= 0.6 is 0 Å². The van der Waals surface area contributed by atoms with E-state index in [9.17, 15) is 13.2 Å². The number of hydrogen-bond acceptors (Lipinski definition) is 6. The zero-order chi connectivity index (χ0) is 21.6. The maximum atomic E-state index is 12.7. The Morgan fingerprint density at radius 1 is 1.40 bits per heavy atom. The Morgan fingerprint density at radius 3 is 2.93 bits per heavy atom. The third kappa shape index (κ3) is 5.81. The highest BCUT2D eigenvalue weighted by atomic mass is 19.4. The van der Waals surface area contributed by atoms with Crippen LogP contribution in [0.5, 0.6) is 0 Å². The first kappa shape index (κ1) is 21.8. The van der Waals surface area contributed by atoms with E-state index in [1.165, 1.54) is 0 Å². The minimum atomic E-state index is -4.50. The van der Waals surface area contributed by atoms with Crippen molar-refractivity contribution in [2.24, 2.45) is 12.0 Å². The summed E-state index contributed by atoms with van der Waals surface area (Å²) in [5.41, 5.74) is 0.0213. The molecule has 164 valence electrons. The van der Waals surface area contributed by atoms with Crippen molar-refractivity contribution in [3.8, 4) is 0 Å². The van der Waals surface area contributed by atoms with E-state index in [0.29, 0.717) is 39.3 Å². The molecule has 1 aliphatic rings. The molecular formula is C18H25F3N8O. The molecular weight excluding hydrogens is 401 g/mol. The number of alkyl halides is 3. The Hall–Kier alpha value is -2.89. The molecule has 0 aromatic carbocycles. The molecule has 3 heterocycles. The fraction of sp³-hybridized carbons (Fsp3) is 0.556. The summed E-state index contributed by atoms with van der Waals surface area (Å²) < 4.78 is 45.8. The highest BCUT2D eigenvalue weighted by Crippen LogP contribution is 2.27. The van der Waals surface area contributed by atoms with Crippen molar-refractivity contribution >= 4 is 11.9 Å². The van der Waals surface area contributed by atoms with Gasteiger partial charge in [0.05, 0.1) is 25.9 Å². The van der Waals surface area contributed by atoms with E-state index < -0.39 is 11.9 Å². The molecule has 0 saturated carbocycles. The van der Waals surface area contributed by atoms with Crippen molar-refractivity contribution in [1.29, 1.82) is 0 Å².